The number of fused-ring (bicyclic) bond motifs is 3. The minimum atomic E-state index is -0.546. The van der Waals surface area contributed by atoms with E-state index >= 15 is 0 Å². The van der Waals surface area contributed by atoms with Crippen LogP contribution < -0.4 is 0 Å². The molecule has 1 aliphatic rings. The van der Waals surface area contributed by atoms with Crippen molar-refractivity contribution in [2.45, 2.75) is 38.5 Å². The van der Waals surface area contributed by atoms with Crippen LogP contribution in [-0.2, 0) is 6.54 Å². The molecule has 0 amide bonds. The Kier molecular flexibility index (Phi) is 3.50. The van der Waals surface area contributed by atoms with E-state index in [0.717, 1.165) is 24.4 Å². The molecule has 1 aromatic carbocycles. The second-order valence-corrected chi connectivity index (χ2v) is 6.02. The van der Waals surface area contributed by atoms with E-state index in [9.17, 15) is 5.11 Å². The summed E-state index contributed by atoms with van der Waals surface area (Å²) in [5.41, 5.74) is 4.48. The highest BCUT2D eigenvalue weighted by atomic mass is 16.3. The van der Waals surface area contributed by atoms with Crippen LogP contribution in [0.3, 0.4) is 0 Å². The molecule has 0 spiro atoms. The molecule has 0 radical (unpaired) electrons. The van der Waals surface area contributed by atoms with Crippen LogP contribution in [0.1, 0.15) is 43.2 Å². The standard InChI is InChI=1S/C18H20N4O/c1-2-9-22-15(7-8-20-22)18(23)10-16-13-5-3-4-6-14(13)17-11-19-12-21(16)17/h3-8,11-12,16,18,23H,2,9-10H2,1H3/t16-,18-/m0/s1. The Bertz CT molecular complexity index is 820. The lowest BCUT2D eigenvalue weighted by atomic mass is 9.97. The molecule has 4 rings (SSSR count). The summed E-state index contributed by atoms with van der Waals surface area (Å²) in [5, 5.41) is 15.1. The fourth-order valence-electron chi connectivity index (χ4n) is 3.53. The quantitative estimate of drug-likeness (QED) is 0.787. The summed E-state index contributed by atoms with van der Waals surface area (Å²) in [6, 6.07) is 10.4. The molecule has 5 heteroatoms. The Hall–Kier alpha value is -2.40. The number of hydrogen-bond donors (Lipinski definition) is 1. The zero-order chi connectivity index (χ0) is 15.8. The molecule has 1 aliphatic heterocycles. The van der Waals surface area contributed by atoms with Crippen LogP contribution in [0.15, 0.2) is 49.1 Å². The first-order chi connectivity index (χ1) is 11.3. The average Bonchev–Trinajstić information content (AvgIpc) is 3.26. The molecular weight excluding hydrogens is 288 g/mol. The third-order valence-electron chi connectivity index (χ3n) is 4.57. The molecule has 0 unspecified atom stereocenters. The smallest absolute Gasteiger partial charge is 0.0979 e. The van der Waals surface area contributed by atoms with Crippen LogP contribution in [0.25, 0.3) is 11.3 Å². The predicted molar refractivity (Wildman–Crippen MR) is 87.9 cm³/mol. The van der Waals surface area contributed by atoms with Crippen LogP contribution >= 0.6 is 0 Å². The van der Waals surface area contributed by atoms with Crippen molar-refractivity contribution in [2.75, 3.05) is 0 Å². The summed E-state index contributed by atoms with van der Waals surface area (Å²) >= 11 is 0. The van der Waals surface area contributed by atoms with Gasteiger partial charge < -0.3 is 9.67 Å². The van der Waals surface area contributed by atoms with Crippen molar-refractivity contribution in [3.63, 3.8) is 0 Å². The van der Waals surface area contributed by atoms with E-state index in [-0.39, 0.29) is 6.04 Å². The molecule has 0 bridgehead atoms. The number of aliphatic hydroxyl groups excluding tert-OH is 1. The van der Waals surface area contributed by atoms with Gasteiger partial charge in [0.05, 0.1) is 36.1 Å². The number of rotatable bonds is 5. The lowest BCUT2D eigenvalue weighted by Gasteiger charge is -2.20. The monoisotopic (exact) mass is 308 g/mol. The number of aromatic nitrogens is 4. The molecule has 0 saturated heterocycles. The number of nitrogens with zero attached hydrogens (tertiary/aromatic N) is 4. The van der Waals surface area contributed by atoms with Crippen molar-refractivity contribution in [2.24, 2.45) is 0 Å². The van der Waals surface area contributed by atoms with Crippen LogP contribution in [-0.4, -0.2) is 24.4 Å². The maximum atomic E-state index is 10.8. The average molecular weight is 308 g/mol. The van der Waals surface area contributed by atoms with E-state index < -0.39 is 6.10 Å². The lowest BCUT2D eigenvalue weighted by Crippen LogP contribution is -2.14. The van der Waals surface area contributed by atoms with E-state index in [0.29, 0.717) is 6.42 Å². The summed E-state index contributed by atoms with van der Waals surface area (Å²) in [6.07, 6.45) is 6.59. The number of imidazole rings is 1. The van der Waals surface area contributed by atoms with Gasteiger partial charge in [-0.25, -0.2) is 4.98 Å². The summed E-state index contributed by atoms with van der Waals surface area (Å²) in [6.45, 7) is 2.94. The molecule has 23 heavy (non-hydrogen) atoms. The topological polar surface area (TPSA) is 55.9 Å². The molecule has 0 aliphatic carbocycles. The van der Waals surface area contributed by atoms with Gasteiger partial charge in [-0.1, -0.05) is 31.2 Å². The molecular formula is C18H20N4O. The van der Waals surface area contributed by atoms with Crippen molar-refractivity contribution in [1.29, 1.82) is 0 Å². The van der Waals surface area contributed by atoms with Gasteiger partial charge in [0.2, 0.25) is 0 Å². The molecule has 5 nitrogen and oxygen atoms in total. The van der Waals surface area contributed by atoms with Crippen molar-refractivity contribution >= 4 is 0 Å². The van der Waals surface area contributed by atoms with Gasteiger partial charge >= 0.3 is 0 Å². The number of benzene rings is 1. The van der Waals surface area contributed by atoms with Crippen LogP contribution in [0.4, 0.5) is 0 Å². The summed E-state index contributed by atoms with van der Waals surface area (Å²) < 4.78 is 4.06. The number of aryl methyl sites for hydroxylation is 1. The van der Waals surface area contributed by atoms with Gasteiger partial charge in [0.25, 0.3) is 0 Å². The fourth-order valence-corrected chi connectivity index (χ4v) is 3.53. The van der Waals surface area contributed by atoms with Gasteiger partial charge in [-0.2, -0.15) is 5.10 Å². The van der Waals surface area contributed by atoms with E-state index in [1.165, 1.54) is 11.1 Å². The minimum absolute atomic E-state index is 0.115. The van der Waals surface area contributed by atoms with E-state index in [1.54, 1.807) is 6.20 Å². The molecule has 0 fully saturated rings. The van der Waals surface area contributed by atoms with Gasteiger partial charge in [0, 0.05) is 24.7 Å². The minimum Gasteiger partial charge on any atom is -0.387 e. The number of hydrogen-bond acceptors (Lipinski definition) is 3. The van der Waals surface area contributed by atoms with E-state index in [2.05, 4.69) is 39.8 Å². The van der Waals surface area contributed by atoms with Crippen LogP contribution in [0.5, 0.6) is 0 Å². The molecule has 0 saturated carbocycles. The highest BCUT2D eigenvalue weighted by molar-refractivity contribution is 5.68. The van der Waals surface area contributed by atoms with Crippen molar-refractivity contribution in [3.8, 4) is 11.3 Å². The molecule has 2 aromatic heterocycles. The van der Waals surface area contributed by atoms with Gasteiger partial charge in [0.15, 0.2) is 0 Å². The van der Waals surface area contributed by atoms with Crippen LogP contribution in [0.2, 0.25) is 0 Å². The van der Waals surface area contributed by atoms with E-state index in [4.69, 9.17) is 0 Å². The second kappa shape index (κ2) is 5.66. The first-order valence-electron chi connectivity index (χ1n) is 8.10. The van der Waals surface area contributed by atoms with Crippen molar-refractivity contribution in [1.82, 2.24) is 19.3 Å². The first kappa shape index (κ1) is 14.2. The Balaban J connectivity index is 1.65. The first-order valence-corrected chi connectivity index (χ1v) is 8.10. The van der Waals surface area contributed by atoms with Crippen molar-refractivity contribution < 1.29 is 5.11 Å². The molecule has 118 valence electrons. The third-order valence-corrected chi connectivity index (χ3v) is 4.57. The summed E-state index contributed by atoms with van der Waals surface area (Å²) in [4.78, 5) is 4.27. The highest BCUT2D eigenvalue weighted by Gasteiger charge is 2.30. The lowest BCUT2D eigenvalue weighted by molar-refractivity contribution is 0.143. The molecule has 1 N–H and O–H groups in total. The highest BCUT2D eigenvalue weighted by Crippen LogP contribution is 2.42. The second-order valence-electron chi connectivity index (χ2n) is 6.02. The number of aliphatic hydroxyl groups is 1. The Labute approximate surface area is 135 Å². The normalized spacial score (nSPS) is 17.0. The van der Waals surface area contributed by atoms with Gasteiger partial charge in [-0.05, 0) is 18.1 Å². The third kappa shape index (κ3) is 2.28. The zero-order valence-corrected chi connectivity index (χ0v) is 13.1. The molecule has 3 aromatic rings. The van der Waals surface area contributed by atoms with Crippen molar-refractivity contribution in [3.05, 3.63) is 60.3 Å². The summed E-state index contributed by atoms with van der Waals surface area (Å²) in [7, 11) is 0. The van der Waals surface area contributed by atoms with Gasteiger partial charge in [-0.15, -0.1) is 0 Å². The van der Waals surface area contributed by atoms with Crippen LogP contribution in [0, 0.1) is 0 Å². The Morgan fingerprint density at radius 3 is 3.00 bits per heavy atom. The molecule has 3 heterocycles. The maximum Gasteiger partial charge on any atom is 0.0979 e. The van der Waals surface area contributed by atoms with Gasteiger partial charge in [0.1, 0.15) is 0 Å². The SMILES string of the molecule is CCCn1nccc1[C@@H](O)C[C@H]1c2ccccc2-c2cncn21. The van der Waals surface area contributed by atoms with Gasteiger partial charge in [-0.3, -0.25) is 4.68 Å². The summed E-state index contributed by atoms with van der Waals surface area (Å²) in [5.74, 6) is 0. The molecule has 2 atom stereocenters. The largest absolute Gasteiger partial charge is 0.387 e. The maximum absolute atomic E-state index is 10.8. The van der Waals surface area contributed by atoms with E-state index in [1.807, 2.05) is 29.3 Å². The Morgan fingerprint density at radius 1 is 1.26 bits per heavy atom. The Morgan fingerprint density at radius 2 is 2.13 bits per heavy atom. The predicted octanol–water partition coefficient (Wildman–Crippen LogP) is 3.18. The zero-order valence-electron chi connectivity index (χ0n) is 13.1. The fraction of sp³-hybridized carbons (Fsp3) is 0.333.